The molecule has 1 rings (SSSR count). The molecule has 1 aromatic carbocycles. The zero-order chi connectivity index (χ0) is 12.7. The van der Waals surface area contributed by atoms with Crippen LogP contribution in [0.15, 0.2) is 18.2 Å². The molecule has 1 aromatic rings. The van der Waals surface area contributed by atoms with Gasteiger partial charge in [-0.15, -0.1) is 0 Å². The molecule has 94 valence electrons. The summed E-state index contributed by atoms with van der Waals surface area (Å²) in [6, 6.07) is 5.16. The highest BCUT2D eigenvalue weighted by atomic mass is 16.5. The largest absolute Gasteiger partial charge is 0.497 e. The lowest BCUT2D eigenvalue weighted by Crippen LogP contribution is -2.15. The van der Waals surface area contributed by atoms with Gasteiger partial charge in [0.1, 0.15) is 23.9 Å². The van der Waals surface area contributed by atoms with Crippen LogP contribution in [0.5, 0.6) is 11.5 Å². The summed E-state index contributed by atoms with van der Waals surface area (Å²) in [4.78, 5) is 0. The highest BCUT2D eigenvalue weighted by molar-refractivity contribution is 5.97. The van der Waals surface area contributed by atoms with Crippen molar-refractivity contribution in [2.45, 2.75) is 6.92 Å². The molecule has 3 N–H and O–H groups in total. The van der Waals surface area contributed by atoms with Gasteiger partial charge in [0.2, 0.25) is 0 Å². The van der Waals surface area contributed by atoms with Gasteiger partial charge in [-0.25, -0.2) is 0 Å². The second kappa shape index (κ2) is 6.75. The van der Waals surface area contributed by atoms with Crippen molar-refractivity contribution >= 4 is 5.84 Å². The Balaban J connectivity index is 2.75. The molecular formula is C12H18N2O3. The standard InChI is InChI=1S/C12H18N2O3/c1-3-16-6-7-17-11-8-9(15-2)4-5-10(11)12(13)14/h4-5,8H,3,6-7H2,1-2H3,(H3,13,14). The Morgan fingerprint density at radius 1 is 1.35 bits per heavy atom. The van der Waals surface area contributed by atoms with Crippen LogP contribution in [0.3, 0.4) is 0 Å². The number of rotatable bonds is 7. The van der Waals surface area contributed by atoms with Gasteiger partial charge in [0.25, 0.3) is 0 Å². The second-order valence-corrected chi connectivity index (χ2v) is 3.32. The predicted octanol–water partition coefficient (Wildman–Crippen LogP) is 1.39. The Bertz CT molecular complexity index is 380. The predicted molar refractivity (Wildman–Crippen MR) is 66.0 cm³/mol. The van der Waals surface area contributed by atoms with Crippen LogP contribution in [-0.4, -0.2) is 32.8 Å². The fourth-order valence-electron chi connectivity index (χ4n) is 1.33. The summed E-state index contributed by atoms with van der Waals surface area (Å²) in [5, 5.41) is 7.45. The van der Waals surface area contributed by atoms with E-state index in [1.165, 1.54) is 0 Å². The normalized spacial score (nSPS) is 10.0. The van der Waals surface area contributed by atoms with E-state index in [1.807, 2.05) is 6.92 Å². The number of hydrogen-bond acceptors (Lipinski definition) is 4. The smallest absolute Gasteiger partial charge is 0.134 e. The summed E-state index contributed by atoms with van der Waals surface area (Å²) < 4.78 is 15.8. The number of benzene rings is 1. The highest BCUT2D eigenvalue weighted by Gasteiger charge is 2.08. The molecule has 0 atom stereocenters. The van der Waals surface area contributed by atoms with Gasteiger partial charge in [-0.3, -0.25) is 5.41 Å². The Kier molecular flexibility index (Phi) is 5.29. The molecule has 0 saturated heterocycles. The van der Waals surface area contributed by atoms with Gasteiger partial charge in [0.05, 0.1) is 19.3 Å². The molecule has 0 aliphatic heterocycles. The van der Waals surface area contributed by atoms with Crippen LogP contribution in [0.2, 0.25) is 0 Å². The van der Waals surface area contributed by atoms with Gasteiger partial charge in [-0.05, 0) is 19.1 Å². The molecule has 0 aliphatic carbocycles. The third kappa shape index (κ3) is 3.96. The first-order valence-electron chi connectivity index (χ1n) is 5.42. The molecule has 0 fully saturated rings. The maximum atomic E-state index is 7.45. The molecule has 0 spiro atoms. The highest BCUT2D eigenvalue weighted by Crippen LogP contribution is 2.24. The maximum Gasteiger partial charge on any atom is 0.134 e. The minimum absolute atomic E-state index is 0.0286. The first kappa shape index (κ1) is 13.3. The monoisotopic (exact) mass is 238 g/mol. The number of nitrogens with two attached hydrogens (primary N) is 1. The summed E-state index contributed by atoms with van der Waals surface area (Å²) in [7, 11) is 1.58. The third-order valence-electron chi connectivity index (χ3n) is 2.17. The Morgan fingerprint density at radius 2 is 2.12 bits per heavy atom. The number of amidine groups is 1. The van der Waals surface area contributed by atoms with E-state index >= 15 is 0 Å². The molecule has 5 heteroatoms. The lowest BCUT2D eigenvalue weighted by atomic mass is 10.2. The first-order chi connectivity index (χ1) is 8.19. The minimum Gasteiger partial charge on any atom is -0.497 e. The second-order valence-electron chi connectivity index (χ2n) is 3.32. The summed E-state index contributed by atoms with van der Waals surface area (Å²) in [6.45, 7) is 3.50. The van der Waals surface area contributed by atoms with Crippen LogP contribution in [0, 0.1) is 5.41 Å². The van der Waals surface area contributed by atoms with Gasteiger partial charge in [-0.1, -0.05) is 0 Å². The van der Waals surface area contributed by atoms with E-state index in [0.717, 1.165) is 0 Å². The fourth-order valence-corrected chi connectivity index (χ4v) is 1.33. The number of hydrogen-bond donors (Lipinski definition) is 2. The molecule has 0 unspecified atom stereocenters. The van der Waals surface area contributed by atoms with Crippen LogP contribution < -0.4 is 15.2 Å². The van der Waals surface area contributed by atoms with E-state index in [-0.39, 0.29) is 5.84 Å². The van der Waals surface area contributed by atoms with E-state index in [9.17, 15) is 0 Å². The summed E-state index contributed by atoms with van der Waals surface area (Å²) in [6.07, 6.45) is 0. The van der Waals surface area contributed by atoms with Gasteiger partial charge < -0.3 is 19.9 Å². The molecule has 5 nitrogen and oxygen atoms in total. The summed E-state index contributed by atoms with van der Waals surface area (Å²) in [5.74, 6) is 1.18. The number of ether oxygens (including phenoxy) is 3. The van der Waals surface area contributed by atoms with Crippen molar-refractivity contribution in [2.75, 3.05) is 26.9 Å². The van der Waals surface area contributed by atoms with E-state index in [0.29, 0.717) is 36.9 Å². The molecule has 0 aromatic heterocycles. The van der Waals surface area contributed by atoms with Gasteiger partial charge in [0, 0.05) is 12.7 Å². The first-order valence-corrected chi connectivity index (χ1v) is 5.42. The topological polar surface area (TPSA) is 77.6 Å². The lowest BCUT2D eigenvalue weighted by molar-refractivity contribution is 0.110. The van der Waals surface area contributed by atoms with Crippen molar-refractivity contribution in [3.8, 4) is 11.5 Å². The lowest BCUT2D eigenvalue weighted by Gasteiger charge is -2.12. The van der Waals surface area contributed by atoms with Crippen molar-refractivity contribution in [2.24, 2.45) is 5.73 Å². The van der Waals surface area contributed by atoms with E-state index in [2.05, 4.69) is 0 Å². The third-order valence-corrected chi connectivity index (χ3v) is 2.17. The van der Waals surface area contributed by atoms with Crippen molar-refractivity contribution in [1.29, 1.82) is 5.41 Å². The van der Waals surface area contributed by atoms with E-state index in [4.69, 9.17) is 25.4 Å². The molecule has 0 amide bonds. The van der Waals surface area contributed by atoms with Crippen molar-refractivity contribution in [3.63, 3.8) is 0 Å². The van der Waals surface area contributed by atoms with E-state index in [1.54, 1.807) is 25.3 Å². The number of nitrogens with one attached hydrogen (secondary N) is 1. The molecule has 0 heterocycles. The molecular weight excluding hydrogens is 220 g/mol. The molecule has 0 bridgehead atoms. The van der Waals surface area contributed by atoms with Gasteiger partial charge in [-0.2, -0.15) is 0 Å². The Morgan fingerprint density at radius 3 is 2.71 bits per heavy atom. The summed E-state index contributed by atoms with van der Waals surface area (Å²) >= 11 is 0. The van der Waals surface area contributed by atoms with Crippen LogP contribution in [-0.2, 0) is 4.74 Å². The van der Waals surface area contributed by atoms with Gasteiger partial charge >= 0.3 is 0 Å². The van der Waals surface area contributed by atoms with Crippen LogP contribution >= 0.6 is 0 Å². The SMILES string of the molecule is CCOCCOc1cc(OC)ccc1C(=N)N. The molecule has 17 heavy (non-hydrogen) atoms. The molecule has 0 aliphatic rings. The molecule has 0 saturated carbocycles. The fraction of sp³-hybridized carbons (Fsp3) is 0.417. The number of methoxy groups -OCH3 is 1. The average Bonchev–Trinajstić information content (AvgIpc) is 2.34. The maximum absolute atomic E-state index is 7.45. The average molecular weight is 238 g/mol. The van der Waals surface area contributed by atoms with Crippen molar-refractivity contribution < 1.29 is 14.2 Å². The Hall–Kier alpha value is -1.75. The molecule has 0 radical (unpaired) electrons. The van der Waals surface area contributed by atoms with Crippen LogP contribution in [0.25, 0.3) is 0 Å². The van der Waals surface area contributed by atoms with Crippen molar-refractivity contribution in [3.05, 3.63) is 23.8 Å². The zero-order valence-corrected chi connectivity index (χ0v) is 10.2. The minimum atomic E-state index is -0.0286. The zero-order valence-electron chi connectivity index (χ0n) is 10.2. The van der Waals surface area contributed by atoms with E-state index < -0.39 is 0 Å². The summed E-state index contributed by atoms with van der Waals surface area (Å²) in [5.41, 5.74) is 6.03. The Labute approximate surface area is 101 Å². The van der Waals surface area contributed by atoms with Crippen molar-refractivity contribution in [1.82, 2.24) is 0 Å². The van der Waals surface area contributed by atoms with Crippen LogP contribution in [0.4, 0.5) is 0 Å². The van der Waals surface area contributed by atoms with Crippen LogP contribution in [0.1, 0.15) is 12.5 Å². The quantitative estimate of drug-likeness (QED) is 0.427. The van der Waals surface area contributed by atoms with Gasteiger partial charge in [0.15, 0.2) is 0 Å². The number of nitrogen functional groups attached to an aromatic ring is 1.